The fraction of sp³-hybridized carbons (Fsp3) is 0. The number of hydrogen-bond acceptors (Lipinski definition) is 2. The normalized spacial score (nSPS) is 10.4. The van der Waals surface area contributed by atoms with Crippen LogP contribution in [0.5, 0.6) is 0 Å². The van der Waals surface area contributed by atoms with Gasteiger partial charge in [-0.1, -0.05) is 24.3 Å². The van der Waals surface area contributed by atoms with E-state index in [0.29, 0.717) is 10.8 Å². The number of carbonyl (C=O) groups is 2. The molecule has 0 saturated heterocycles. The molecular weight excluding hydrogens is 288 g/mol. The van der Waals surface area contributed by atoms with Crippen LogP contribution in [-0.4, -0.2) is 22.2 Å². The molecule has 4 nitrogen and oxygen atoms in total. The topological polar surface area (TPSA) is 74.6 Å². The lowest BCUT2D eigenvalue weighted by Gasteiger charge is -2.08. The van der Waals surface area contributed by atoms with Gasteiger partial charge in [-0.2, -0.15) is 0 Å². The molecule has 17 heavy (non-hydrogen) atoms. The molecule has 0 atom stereocenters. The predicted octanol–water partition coefficient (Wildman–Crippen LogP) is 3.00. The lowest BCUT2D eigenvalue weighted by atomic mass is 9.99. The molecule has 86 valence electrons. The summed E-state index contributed by atoms with van der Waals surface area (Å²) in [6, 6.07) is 8.37. The van der Waals surface area contributed by atoms with Crippen molar-refractivity contribution in [2.45, 2.75) is 0 Å². The first-order valence-electron chi connectivity index (χ1n) is 4.70. The summed E-state index contributed by atoms with van der Waals surface area (Å²) in [7, 11) is 0. The van der Waals surface area contributed by atoms with Gasteiger partial charge in [-0.25, -0.2) is 9.59 Å². The highest BCUT2D eigenvalue weighted by molar-refractivity contribution is 9.10. The lowest BCUT2D eigenvalue weighted by Crippen LogP contribution is -2.09. The minimum atomic E-state index is -1.26. The number of fused-ring (bicyclic) bond motifs is 1. The van der Waals surface area contributed by atoms with Gasteiger partial charge in [-0.3, -0.25) is 0 Å². The number of aromatic carboxylic acids is 2. The molecule has 0 bridgehead atoms. The SMILES string of the molecule is O=C(O)c1c(Br)cc2ccccc2c1C(=O)O. The first kappa shape index (κ1) is 11.6. The highest BCUT2D eigenvalue weighted by Gasteiger charge is 2.22. The summed E-state index contributed by atoms with van der Waals surface area (Å²) >= 11 is 3.09. The fourth-order valence-electron chi connectivity index (χ4n) is 1.74. The Kier molecular flexibility index (Phi) is 2.85. The van der Waals surface area contributed by atoms with E-state index in [1.807, 2.05) is 0 Å². The predicted molar refractivity (Wildman–Crippen MR) is 65.6 cm³/mol. The minimum absolute atomic E-state index is 0.192. The van der Waals surface area contributed by atoms with Crippen LogP contribution in [0.25, 0.3) is 10.8 Å². The Morgan fingerprint density at radius 1 is 1.00 bits per heavy atom. The highest BCUT2D eigenvalue weighted by atomic mass is 79.9. The Morgan fingerprint density at radius 3 is 2.18 bits per heavy atom. The average Bonchev–Trinajstić information content (AvgIpc) is 2.26. The van der Waals surface area contributed by atoms with Crippen molar-refractivity contribution in [3.63, 3.8) is 0 Å². The van der Waals surface area contributed by atoms with Crippen molar-refractivity contribution in [1.29, 1.82) is 0 Å². The van der Waals surface area contributed by atoms with E-state index in [9.17, 15) is 9.59 Å². The van der Waals surface area contributed by atoms with Crippen molar-refractivity contribution in [3.8, 4) is 0 Å². The van der Waals surface area contributed by atoms with Crippen molar-refractivity contribution >= 4 is 38.6 Å². The molecule has 0 radical (unpaired) electrons. The van der Waals surface area contributed by atoms with E-state index < -0.39 is 11.9 Å². The van der Waals surface area contributed by atoms with Crippen LogP contribution in [0.2, 0.25) is 0 Å². The molecule has 2 rings (SSSR count). The third-order valence-corrected chi connectivity index (χ3v) is 3.05. The lowest BCUT2D eigenvalue weighted by molar-refractivity contribution is 0.0652. The molecule has 2 aromatic rings. The molecule has 5 heteroatoms. The van der Waals surface area contributed by atoms with Crippen molar-refractivity contribution in [1.82, 2.24) is 0 Å². The summed E-state index contributed by atoms with van der Waals surface area (Å²) in [6.07, 6.45) is 0. The van der Waals surface area contributed by atoms with E-state index in [2.05, 4.69) is 15.9 Å². The molecule has 0 saturated carbocycles. The van der Waals surface area contributed by atoms with Gasteiger partial charge in [0.05, 0.1) is 11.1 Å². The zero-order valence-electron chi connectivity index (χ0n) is 8.48. The van der Waals surface area contributed by atoms with Crippen LogP contribution in [0.3, 0.4) is 0 Å². The number of carboxylic acids is 2. The Balaban J connectivity index is 2.99. The number of rotatable bonds is 2. The van der Waals surface area contributed by atoms with E-state index in [1.165, 1.54) is 0 Å². The molecule has 0 aliphatic carbocycles. The van der Waals surface area contributed by atoms with Crippen LogP contribution in [0.4, 0.5) is 0 Å². The molecular formula is C12H7BrO4. The van der Waals surface area contributed by atoms with Gasteiger partial charge in [0.2, 0.25) is 0 Å². The second kappa shape index (κ2) is 4.18. The van der Waals surface area contributed by atoms with Crippen LogP contribution >= 0.6 is 15.9 Å². The minimum Gasteiger partial charge on any atom is -0.478 e. The third-order valence-electron chi connectivity index (χ3n) is 2.43. The third kappa shape index (κ3) is 1.89. The maximum Gasteiger partial charge on any atom is 0.337 e. The van der Waals surface area contributed by atoms with E-state index in [1.54, 1.807) is 30.3 Å². The van der Waals surface area contributed by atoms with E-state index in [4.69, 9.17) is 10.2 Å². The molecule has 0 aromatic heterocycles. The smallest absolute Gasteiger partial charge is 0.337 e. The number of benzene rings is 2. The van der Waals surface area contributed by atoms with Gasteiger partial charge in [0.15, 0.2) is 0 Å². The van der Waals surface area contributed by atoms with E-state index >= 15 is 0 Å². The number of halogens is 1. The summed E-state index contributed by atoms with van der Waals surface area (Å²) in [6.45, 7) is 0. The average molecular weight is 295 g/mol. The molecule has 0 heterocycles. The van der Waals surface area contributed by atoms with Gasteiger partial charge in [0.1, 0.15) is 0 Å². The van der Waals surface area contributed by atoms with E-state index in [-0.39, 0.29) is 15.6 Å². The van der Waals surface area contributed by atoms with Gasteiger partial charge in [-0.15, -0.1) is 0 Å². The zero-order chi connectivity index (χ0) is 12.6. The quantitative estimate of drug-likeness (QED) is 0.893. The second-order valence-corrected chi connectivity index (χ2v) is 4.29. The van der Waals surface area contributed by atoms with Crippen LogP contribution in [0.15, 0.2) is 34.8 Å². The molecule has 0 fully saturated rings. The second-order valence-electron chi connectivity index (χ2n) is 3.44. The summed E-state index contributed by atoms with van der Waals surface area (Å²) in [5, 5.41) is 19.3. The molecule has 0 unspecified atom stereocenters. The highest BCUT2D eigenvalue weighted by Crippen LogP contribution is 2.29. The Hall–Kier alpha value is -1.88. The number of carboxylic acid groups (broad SMARTS) is 2. The van der Waals surface area contributed by atoms with Gasteiger partial charge >= 0.3 is 11.9 Å². The first-order valence-corrected chi connectivity index (χ1v) is 5.49. The molecule has 0 amide bonds. The van der Waals surface area contributed by atoms with Crippen LogP contribution < -0.4 is 0 Å². The van der Waals surface area contributed by atoms with Crippen LogP contribution in [0, 0.1) is 0 Å². The largest absolute Gasteiger partial charge is 0.478 e. The van der Waals surface area contributed by atoms with Crippen molar-refractivity contribution in [2.75, 3.05) is 0 Å². The molecule has 0 aliphatic rings. The summed E-state index contributed by atoms with van der Waals surface area (Å²) in [4.78, 5) is 22.3. The molecule has 0 spiro atoms. The van der Waals surface area contributed by atoms with Gasteiger partial charge in [-0.05, 0) is 32.8 Å². The van der Waals surface area contributed by atoms with Crippen molar-refractivity contribution in [2.24, 2.45) is 0 Å². The van der Waals surface area contributed by atoms with Gasteiger partial charge in [0, 0.05) is 4.47 Å². The summed E-state index contributed by atoms with van der Waals surface area (Å²) in [5.41, 5.74) is -0.418. The fourth-order valence-corrected chi connectivity index (χ4v) is 2.36. The van der Waals surface area contributed by atoms with Gasteiger partial charge < -0.3 is 10.2 Å². The first-order chi connectivity index (χ1) is 8.02. The standard InChI is InChI=1S/C12H7BrO4/c13-8-5-6-3-1-2-4-7(6)9(11(14)15)10(8)12(16)17/h1-5H,(H,14,15)(H,16,17). The van der Waals surface area contributed by atoms with Crippen molar-refractivity contribution in [3.05, 3.63) is 45.9 Å². The Morgan fingerprint density at radius 2 is 1.59 bits per heavy atom. The maximum atomic E-state index is 11.2. The van der Waals surface area contributed by atoms with Gasteiger partial charge in [0.25, 0.3) is 0 Å². The van der Waals surface area contributed by atoms with Crippen LogP contribution in [-0.2, 0) is 0 Å². The Bertz CT molecular complexity index is 634. The number of hydrogen-bond donors (Lipinski definition) is 2. The van der Waals surface area contributed by atoms with Crippen molar-refractivity contribution < 1.29 is 19.8 Å². The molecule has 2 aromatic carbocycles. The molecule has 0 aliphatic heterocycles. The van der Waals surface area contributed by atoms with E-state index in [0.717, 1.165) is 0 Å². The summed E-state index contributed by atoms with van der Waals surface area (Å²) in [5.74, 6) is -2.51. The maximum absolute atomic E-state index is 11.2. The summed E-state index contributed by atoms with van der Waals surface area (Å²) < 4.78 is 0.265. The zero-order valence-corrected chi connectivity index (χ0v) is 10.1. The molecule has 2 N–H and O–H groups in total. The Labute approximate surface area is 105 Å². The monoisotopic (exact) mass is 294 g/mol. The van der Waals surface area contributed by atoms with Crippen LogP contribution in [0.1, 0.15) is 20.7 Å².